The van der Waals surface area contributed by atoms with E-state index in [0.717, 1.165) is 23.7 Å². The molecule has 0 aromatic rings. The van der Waals surface area contributed by atoms with E-state index >= 15 is 0 Å². The Bertz CT molecular complexity index is 240. The lowest BCUT2D eigenvalue weighted by atomic mass is 9.62. The molecule has 0 spiro atoms. The van der Waals surface area contributed by atoms with Gasteiger partial charge in [0.25, 0.3) is 0 Å². The second-order valence-electron chi connectivity index (χ2n) is 7.96. The summed E-state index contributed by atoms with van der Waals surface area (Å²) < 4.78 is 0. The average Bonchev–Trinajstić information content (AvgIpc) is 2.32. The van der Waals surface area contributed by atoms with Crippen LogP contribution in [0.1, 0.15) is 73.6 Å². The smallest absolute Gasteiger partial charge is 0.00176 e. The minimum atomic E-state index is 0.571. The zero-order valence-electron chi connectivity index (χ0n) is 14.3. The van der Waals surface area contributed by atoms with Gasteiger partial charge in [-0.05, 0) is 61.4 Å². The maximum absolute atomic E-state index is 3.71. The fourth-order valence-corrected chi connectivity index (χ4v) is 3.95. The van der Waals surface area contributed by atoms with Crippen LogP contribution >= 0.6 is 0 Å². The normalized spacial score (nSPS) is 27.2. The van der Waals surface area contributed by atoms with Gasteiger partial charge in [0.1, 0.15) is 0 Å². The first-order valence-electron chi connectivity index (χ1n) is 8.60. The maximum atomic E-state index is 3.71. The van der Waals surface area contributed by atoms with Crippen LogP contribution in [0, 0.1) is 29.1 Å². The molecule has 1 aliphatic rings. The van der Waals surface area contributed by atoms with Crippen LogP contribution in [0.4, 0.5) is 0 Å². The Morgan fingerprint density at radius 1 is 1.16 bits per heavy atom. The van der Waals surface area contributed by atoms with Crippen LogP contribution in [-0.4, -0.2) is 13.1 Å². The van der Waals surface area contributed by atoms with Gasteiger partial charge in [0.15, 0.2) is 0 Å². The van der Waals surface area contributed by atoms with E-state index in [1.165, 1.54) is 45.2 Å². The molecule has 1 nitrogen and oxygen atoms in total. The SMILES string of the molecule is CCC(CC)C1CC(C)(C)CCC1CNCC(C)C. The molecule has 0 aliphatic heterocycles. The Hall–Kier alpha value is -0.0400. The molecular formula is C18H37N. The summed E-state index contributed by atoms with van der Waals surface area (Å²) in [5, 5.41) is 3.71. The molecule has 2 unspecified atom stereocenters. The number of hydrogen-bond acceptors (Lipinski definition) is 1. The van der Waals surface area contributed by atoms with Gasteiger partial charge in [0.05, 0.1) is 0 Å². The molecule has 1 fully saturated rings. The molecule has 1 saturated carbocycles. The molecule has 1 rings (SSSR count). The molecular weight excluding hydrogens is 230 g/mol. The summed E-state index contributed by atoms with van der Waals surface area (Å²) in [5.74, 6) is 3.56. The topological polar surface area (TPSA) is 12.0 Å². The Kier molecular flexibility index (Phi) is 6.86. The van der Waals surface area contributed by atoms with E-state index in [2.05, 4.69) is 46.9 Å². The Morgan fingerprint density at radius 3 is 2.32 bits per heavy atom. The number of nitrogens with one attached hydrogen (secondary N) is 1. The van der Waals surface area contributed by atoms with Crippen molar-refractivity contribution in [1.82, 2.24) is 5.32 Å². The van der Waals surface area contributed by atoms with Gasteiger partial charge >= 0.3 is 0 Å². The quantitative estimate of drug-likeness (QED) is 0.676. The second kappa shape index (κ2) is 7.67. The molecule has 0 aromatic carbocycles. The van der Waals surface area contributed by atoms with Crippen molar-refractivity contribution in [2.75, 3.05) is 13.1 Å². The highest BCUT2D eigenvalue weighted by atomic mass is 14.9. The molecule has 0 heterocycles. The lowest BCUT2D eigenvalue weighted by molar-refractivity contribution is 0.0691. The van der Waals surface area contributed by atoms with Gasteiger partial charge in [-0.1, -0.05) is 54.4 Å². The minimum absolute atomic E-state index is 0.571. The van der Waals surface area contributed by atoms with Crippen molar-refractivity contribution >= 4 is 0 Å². The van der Waals surface area contributed by atoms with Crippen molar-refractivity contribution in [3.63, 3.8) is 0 Å². The van der Waals surface area contributed by atoms with Gasteiger partial charge < -0.3 is 5.32 Å². The van der Waals surface area contributed by atoms with E-state index in [9.17, 15) is 0 Å². The third-order valence-electron chi connectivity index (χ3n) is 5.20. The van der Waals surface area contributed by atoms with Crippen LogP contribution < -0.4 is 5.32 Å². The molecule has 0 aromatic heterocycles. The Labute approximate surface area is 121 Å². The fourth-order valence-electron chi connectivity index (χ4n) is 3.95. The van der Waals surface area contributed by atoms with Gasteiger partial charge in [-0.2, -0.15) is 0 Å². The first kappa shape index (κ1) is 17.0. The molecule has 1 N–H and O–H groups in total. The molecule has 19 heavy (non-hydrogen) atoms. The van der Waals surface area contributed by atoms with Crippen molar-refractivity contribution in [2.24, 2.45) is 29.1 Å². The third kappa shape index (κ3) is 5.45. The van der Waals surface area contributed by atoms with Gasteiger partial charge in [-0.25, -0.2) is 0 Å². The summed E-state index contributed by atoms with van der Waals surface area (Å²) in [6.45, 7) is 16.7. The van der Waals surface area contributed by atoms with E-state index in [4.69, 9.17) is 0 Å². The van der Waals surface area contributed by atoms with Gasteiger partial charge in [0.2, 0.25) is 0 Å². The highest BCUT2D eigenvalue weighted by Gasteiger charge is 2.37. The Morgan fingerprint density at radius 2 is 1.79 bits per heavy atom. The number of rotatable bonds is 7. The summed E-state index contributed by atoms with van der Waals surface area (Å²) in [6.07, 6.45) is 7.00. The Balaban J connectivity index is 2.60. The predicted octanol–water partition coefficient (Wildman–Crippen LogP) is 5.11. The molecule has 1 aliphatic carbocycles. The van der Waals surface area contributed by atoms with E-state index in [0.29, 0.717) is 5.41 Å². The summed E-state index contributed by atoms with van der Waals surface area (Å²) in [7, 11) is 0. The van der Waals surface area contributed by atoms with Crippen LogP contribution in [0.15, 0.2) is 0 Å². The molecule has 0 amide bonds. The summed E-state index contributed by atoms with van der Waals surface area (Å²) in [5.41, 5.74) is 0.571. The summed E-state index contributed by atoms with van der Waals surface area (Å²) in [6, 6.07) is 0. The van der Waals surface area contributed by atoms with Crippen molar-refractivity contribution in [3.05, 3.63) is 0 Å². The largest absolute Gasteiger partial charge is 0.316 e. The van der Waals surface area contributed by atoms with Crippen LogP contribution in [0.25, 0.3) is 0 Å². The molecule has 0 bridgehead atoms. The highest BCUT2D eigenvalue weighted by Crippen LogP contribution is 2.46. The molecule has 0 radical (unpaired) electrons. The third-order valence-corrected chi connectivity index (χ3v) is 5.20. The maximum Gasteiger partial charge on any atom is -0.00176 e. The van der Waals surface area contributed by atoms with Gasteiger partial charge in [-0.15, -0.1) is 0 Å². The molecule has 114 valence electrons. The van der Waals surface area contributed by atoms with E-state index in [-0.39, 0.29) is 0 Å². The van der Waals surface area contributed by atoms with Crippen LogP contribution in [-0.2, 0) is 0 Å². The first-order valence-corrected chi connectivity index (χ1v) is 8.60. The van der Waals surface area contributed by atoms with Crippen LogP contribution in [0.3, 0.4) is 0 Å². The van der Waals surface area contributed by atoms with Crippen LogP contribution in [0.2, 0.25) is 0 Å². The van der Waals surface area contributed by atoms with E-state index in [1.807, 2.05) is 0 Å². The zero-order chi connectivity index (χ0) is 14.5. The zero-order valence-corrected chi connectivity index (χ0v) is 14.3. The lowest BCUT2D eigenvalue weighted by Gasteiger charge is -2.44. The standard InChI is InChI=1S/C18H37N/c1-7-15(8-2)17-11-18(5,6)10-9-16(17)13-19-12-14(3)4/h14-17,19H,7-13H2,1-6H3. The fraction of sp³-hybridized carbons (Fsp3) is 1.00. The predicted molar refractivity (Wildman–Crippen MR) is 86.4 cm³/mol. The summed E-state index contributed by atoms with van der Waals surface area (Å²) >= 11 is 0. The average molecular weight is 268 g/mol. The minimum Gasteiger partial charge on any atom is -0.316 e. The number of hydrogen-bond donors (Lipinski definition) is 1. The van der Waals surface area contributed by atoms with Gasteiger partial charge in [0, 0.05) is 0 Å². The van der Waals surface area contributed by atoms with E-state index in [1.54, 1.807) is 0 Å². The molecule has 1 heteroatoms. The molecule has 2 atom stereocenters. The highest BCUT2D eigenvalue weighted by molar-refractivity contribution is 4.88. The monoisotopic (exact) mass is 267 g/mol. The van der Waals surface area contributed by atoms with E-state index < -0.39 is 0 Å². The second-order valence-corrected chi connectivity index (χ2v) is 7.96. The lowest BCUT2D eigenvalue weighted by Crippen LogP contribution is -2.39. The van der Waals surface area contributed by atoms with Crippen molar-refractivity contribution < 1.29 is 0 Å². The summed E-state index contributed by atoms with van der Waals surface area (Å²) in [4.78, 5) is 0. The van der Waals surface area contributed by atoms with Crippen molar-refractivity contribution in [1.29, 1.82) is 0 Å². The van der Waals surface area contributed by atoms with Crippen molar-refractivity contribution in [2.45, 2.75) is 73.6 Å². The van der Waals surface area contributed by atoms with Gasteiger partial charge in [-0.3, -0.25) is 0 Å². The van der Waals surface area contributed by atoms with Crippen LogP contribution in [0.5, 0.6) is 0 Å². The first-order chi connectivity index (χ1) is 8.89. The molecule has 0 saturated heterocycles. The van der Waals surface area contributed by atoms with Crippen molar-refractivity contribution in [3.8, 4) is 0 Å².